The lowest BCUT2D eigenvalue weighted by Crippen LogP contribution is -2.01. The van der Waals surface area contributed by atoms with Crippen molar-refractivity contribution in [1.82, 2.24) is 20.2 Å². The van der Waals surface area contributed by atoms with E-state index in [1.807, 2.05) is 36.4 Å². The normalized spacial score (nSPS) is 10.0. The maximum Gasteiger partial charge on any atom is 0.346 e. The highest BCUT2D eigenvalue weighted by Gasteiger charge is 2.13. The van der Waals surface area contributed by atoms with E-state index in [4.69, 9.17) is 14.7 Å². The first kappa shape index (κ1) is 13.6. The van der Waals surface area contributed by atoms with Gasteiger partial charge in [0.25, 0.3) is 0 Å². The van der Waals surface area contributed by atoms with Crippen molar-refractivity contribution < 1.29 is 9.47 Å². The summed E-state index contributed by atoms with van der Waals surface area (Å²) in [5.41, 5.74) is 1.25. The second-order valence-corrected chi connectivity index (χ2v) is 4.29. The topological polar surface area (TPSA) is 85.8 Å². The molecule has 0 aliphatic rings. The highest BCUT2D eigenvalue weighted by atomic mass is 16.5. The first-order valence-electron chi connectivity index (χ1n) is 6.41. The number of benzene rings is 2. The van der Waals surface area contributed by atoms with Gasteiger partial charge in [-0.25, -0.2) is 0 Å². The molecule has 7 heteroatoms. The van der Waals surface area contributed by atoms with Crippen molar-refractivity contribution in [3.05, 3.63) is 54.1 Å². The Morgan fingerprint density at radius 3 is 2.64 bits per heavy atom. The quantitative estimate of drug-likeness (QED) is 0.734. The van der Waals surface area contributed by atoms with Crippen LogP contribution in [0.15, 0.2) is 48.5 Å². The third-order valence-corrected chi connectivity index (χ3v) is 2.94. The number of para-hydroxylation sites is 1. The second kappa shape index (κ2) is 5.93. The molecule has 2 aromatic carbocycles. The summed E-state index contributed by atoms with van der Waals surface area (Å²) in [5, 5.41) is 20.3. The molecule has 7 nitrogen and oxygen atoms in total. The summed E-state index contributed by atoms with van der Waals surface area (Å²) in [6, 6.07) is 16.5. The SMILES string of the molecule is COc1cc(C#N)ccc1Oc1nnnn1-c1ccccc1. The Bertz CT molecular complexity index is 823. The van der Waals surface area contributed by atoms with E-state index >= 15 is 0 Å². The third kappa shape index (κ3) is 2.58. The molecule has 0 spiro atoms. The second-order valence-electron chi connectivity index (χ2n) is 4.29. The smallest absolute Gasteiger partial charge is 0.346 e. The lowest BCUT2D eigenvalue weighted by Gasteiger charge is -2.09. The van der Waals surface area contributed by atoms with Crippen molar-refractivity contribution in [2.75, 3.05) is 7.11 Å². The molecule has 0 aliphatic carbocycles. The highest BCUT2D eigenvalue weighted by molar-refractivity contribution is 5.47. The van der Waals surface area contributed by atoms with Crippen LogP contribution in [0, 0.1) is 11.3 Å². The summed E-state index contributed by atoms with van der Waals surface area (Å²) in [6.45, 7) is 0. The fourth-order valence-corrected chi connectivity index (χ4v) is 1.89. The van der Waals surface area contributed by atoms with Crippen molar-refractivity contribution in [3.8, 4) is 29.3 Å². The highest BCUT2D eigenvalue weighted by Crippen LogP contribution is 2.31. The molecule has 0 atom stereocenters. The van der Waals surface area contributed by atoms with Gasteiger partial charge in [0.2, 0.25) is 0 Å². The van der Waals surface area contributed by atoms with E-state index in [1.165, 1.54) is 11.8 Å². The molecule has 0 saturated heterocycles. The van der Waals surface area contributed by atoms with Crippen LogP contribution in [0.25, 0.3) is 5.69 Å². The van der Waals surface area contributed by atoms with Crippen LogP contribution in [0.1, 0.15) is 5.56 Å². The predicted octanol–water partition coefficient (Wildman–Crippen LogP) is 2.33. The van der Waals surface area contributed by atoms with E-state index in [2.05, 4.69) is 15.5 Å². The molecule has 0 amide bonds. The molecule has 3 aromatic rings. The van der Waals surface area contributed by atoms with Gasteiger partial charge in [-0.2, -0.15) is 9.94 Å². The monoisotopic (exact) mass is 293 g/mol. The molecule has 0 radical (unpaired) electrons. The number of nitriles is 1. The van der Waals surface area contributed by atoms with Crippen LogP contribution in [0.5, 0.6) is 17.5 Å². The zero-order valence-electron chi connectivity index (χ0n) is 11.7. The van der Waals surface area contributed by atoms with Crippen LogP contribution in [-0.4, -0.2) is 27.3 Å². The summed E-state index contributed by atoms with van der Waals surface area (Å²) in [7, 11) is 1.50. The van der Waals surface area contributed by atoms with Gasteiger partial charge in [-0.1, -0.05) is 23.3 Å². The molecular weight excluding hydrogens is 282 g/mol. The maximum absolute atomic E-state index is 8.92. The van der Waals surface area contributed by atoms with Crippen molar-refractivity contribution >= 4 is 0 Å². The molecule has 0 saturated carbocycles. The zero-order valence-corrected chi connectivity index (χ0v) is 11.7. The van der Waals surface area contributed by atoms with Crippen LogP contribution in [0.2, 0.25) is 0 Å². The van der Waals surface area contributed by atoms with E-state index in [0.717, 1.165) is 5.69 Å². The third-order valence-electron chi connectivity index (χ3n) is 2.94. The minimum Gasteiger partial charge on any atom is -0.493 e. The summed E-state index contributed by atoms with van der Waals surface area (Å²) in [6.07, 6.45) is 0. The van der Waals surface area contributed by atoms with E-state index in [1.54, 1.807) is 18.2 Å². The van der Waals surface area contributed by atoms with Crippen LogP contribution in [0.4, 0.5) is 0 Å². The van der Waals surface area contributed by atoms with Gasteiger partial charge in [-0.15, -0.1) is 0 Å². The Morgan fingerprint density at radius 2 is 1.91 bits per heavy atom. The van der Waals surface area contributed by atoms with Crippen molar-refractivity contribution in [2.24, 2.45) is 0 Å². The zero-order chi connectivity index (χ0) is 15.4. The Labute approximate surface area is 126 Å². The van der Waals surface area contributed by atoms with Crippen molar-refractivity contribution in [1.29, 1.82) is 5.26 Å². The Kier molecular flexibility index (Phi) is 3.66. The molecule has 22 heavy (non-hydrogen) atoms. The van der Waals surface area contributed by atoms with Gasteiger partial charge in [0.05, 0.1) is 24.4 Å². The number of hydrogen-bond donors (Lipinski definition) is 0. The van der Waals surface area contributed by atoms with Gasteiger partial charge in [0.15, 0.2) is 11.5 Å². The van der Waals surface area contributed by atoms with Gasteiger partial charge in [-0.3, -0.25) is 0 Å². The molecule has 0 fully saturated rings. The number of ether oxygens (including phenoxy) is 2. The summed E-state index contributed by atoms with van der Waals surface area (Å²) < 4.78 is 12.4. The van der Waals surface area contributed by atoms with Crippen LogP contribution in [0.3, 0.4) is 0 Å². The average molecular weight is 293 g/mol. The van der Waals surface area contributed by atoms with Crippen LogP contribution in [-0.2, 0) is 0 Å². The number of hydrogen-bond acceptors (Lipinski definition) is 6. The molecule has 0 bridgehead atoms. The van der Waals surface area contributed by atoms with E-state index in [0.29, 0.717) is 17.1 Å². The molecule has 108 valence electrons. The van der Waals surface area contributed by atoms with Gasteiger partial charge in [-0.05, 0) is 34.7 Å². The standard InChI is InChI=1S/C15H11N5O2/c1-21-14-9-11(10-16)7-8-13(14)22-15-17-18-19-20(15)12-5-3-2-4-6-12/h2-9H,1H3. The Balaban J connectivity index is 1.96. The first-order chi connectivity index (χ1) is 10.8. The molecule has 1 aromatic heterocycles. The van der Waals surface area contributed by atoms with Crippen molar-refractivity contribution in [3.63, 3.8) is 0 Å². The van der Waals surface area contributed by atoms with E-state index < -0.39 is 0 Å². The average Bonchev–Trinajstić information content (AvgIpc) is 3.04. The van der Waals surface area contributed by atoms with Gasteiger partial charge >= 0.3 is 6.01 Å². The fourth-order valence-electron chi connectivity index (χ4n) is 1.89. The predicted molar refractivity (Wildman–Crippen MR) is 76.9 cm³/mol. The molecular formula is C15H11N5O2. The molecule has 1 heterocycles. The van der Waals surface area contributed by atoms with E-state index in [-0.39, 0.29) is 6.01 Å². The number of methoxy groups -OCH3 is 1. The molecule has 3 rings (SSSR count). The van der Waals surface area contributed by atoms with Gasteiger partial charge in [0, 0.05) is 6.07 Å². The molecule has 0 aliphatic heterocycles. The van der Waals surface area contributed by atoms with E-state index in [9.17, 15) is 0 Å². The fraction of sp³-hybridized carbons (Fsp3) is 0.0667. The molecule has 0 N–H and O–H groups in total. The van der Waals surface area contributed by atoms with Crippen LogP contribution >= 0.6 is 0 Å². The lowest BCUT2D eigenvalue weighted by molar-refractivity contribution is 0.363. The first-order valence-corrected chi connectivity index (χ1v) is 6.41. The molecule has 0 unspecified atom stereocenters. The minimum atomic E-state index is 0.203. The van der Waals surface area contributed by atoms with Gasteiger partial charge < -0.3 is 9.47 Å². The summed E-state index contributed by atoms with van der Waals surface area (Å²) in [4.78, 5) is 0. The Morgan fingerprint density at radius 1 is 1.09 bits per heavy atom. The summed E-state index contributed by atoms with van der Waals surface area (Å²) >= 11 is 0. The number of aromatic nitrogens is 4. The lowest BCUT2D eigenvalue weighted by atomic mass is 10.2. The Hall–Kier alpha value is -3.40. The minimum absolute atomic E-state index is 0.203. The van der Waals surface area contributed by atoms with Crippen molar-refractivity contribution in [2.45, 2.75) is 0 Å². The largest absolute Gasteiger partial charge is 0.493 e. The number of rotatable bonds is 4. The summed E-state index contributed by atoms with van der Waals surface area (Å²) in [5.74, 6) is 0.857. The van der Waals surface area contributed by atoms with Gasteiger partial charge in [0.1, 0.15) is 0 Å². The maximum atomic E-state index is 8.92. The van der Waals surface area contributed by atoms with Crippen LogP contribution < -0.4 is 9.47 Å². The number of tetrazole rings is 1. The number of nitrogens with zero attached hydrogens (tertiary/aromatic N) is 5.